The van der Waals surface area contributed by atoms with Gasteiger partial charge in [-0.05, 0) is 72.6 Å². The molecule has 32 heavy (non-hydrogen) atoms. The molecule has 1 aliphatic carbocycles. The Morgan fingerprint density at radius 2 is 2.09 bits per heavy atom. The average Bonchev–Trinajstić information content (AvgIpc) is 3.46. The summed E-state index contributed by atoms with van der Waals surface area (Å²) in [5.41, 5.74) is 3.18. The lowest BCUT2D eigenvalue weighted by Crippen LogP contribution is -2.27. The second-order valence-corrected chi connectivity index (χ2v) is 9.52. The Morgan fingerprint density at radius 3 is 2.84 bits per heavy atom. The van der Waals surface area contributed by atoms with Crippen molar-refractivity contribution < 1.29 is 14.4 Å². The van der Waals surface area contributed by atoms with Crippen LogP contribution in [0.15, 0.2) is 36.5 Å². The lowest BCUT2D eigenvalue weighted by Gasteiger charge is -2.16. The predicted molar refractivity (Wildman–Crippen MR) is 127 cm³/mol. The first kappa shape index (κ1) is 22.1. The molecule has 5 rings (SSSR count). The number of amides is 2. The van der Waals surface area contributed by atoms with Crippen LogP contribution in [0.25, 0.3) is 11.6 Å². The summed E-state index contributed by atoms with van der Waals surface area (Å²) in [6.45, 7) is 3.09. The highest BCUT2D eigenvalue weighted by Crippen LogP contribution is 2.42. The molecule has 3 aliphatic rings. The minimum atomic E-state index is -0.00590. The van der Waals surface area contributed by atoms with E-state index >= 15 is 0 Å². The van der Waals surface area contributed by atoms with Crippen LogP contribution in [-0.2, 0) is 16.0 Å². The molecule has 7 heteroatoms. The van der Waals surface area contributed by atoms with E-state index in [1.807, 2.05) is 23.1 Å². The Balaban J connectivity index is 0.00000245. The Kier molecular flexibility index (Phi) is 6.11. The number of nitrogens with zero attached hydrogens (tertiary/aromatic N) is 2. The second kappa shape index (κ2) is 8.82. The van der Waals surface area contributed by atoms with Crippen LogP contribution in [0.2, 0.25) is 0 Å². The molecule has 6 nitrogen and oxygen atoms in total. The molecule has 2 amide bonds. The number of Topliss-reactive ketones (excluding diaryl/α,β-unsaturated/α-hetero) is 1. The number of pyridine rings is 1. The average molecular weight is 450 g/mol. The number of rotatable bonds is 4. The van der Waals surface area contributed by atoms with E-state index in [-0.39, 0.29) is 25.0 Å². The van der Waals surface area contributed by atoms with Crippen LogP contribution in [0, 0.1) is 11.8 Å². The quantitative estimate of drug-likeness (QED) is 0.553. The minimum absolute atomic E-state index is 0. The van der Waals surface area contributed by atoms with Crippen LogP contribution in [0.4, 0.5) is 5.82 Å². The molecule has 2 aromatic rings. The van der Waals surface area contributed by atoms with Gasteiger partial charge in [0, 0.05) is 36.7 Å². The number of aryl methyl sites for hydroxylation is 1. The van der Waals surface area contributed by atoms with Gasteiger partial charge in [0.1, 0.15) is 5.82 Å². The van der Waals surface area contributed by atoms with E-state index in [1.165, 1.54) is 10.5 Å². The molecule has 0 saturated carbocycles. The molecular formula is C25H27N3O3S. The number of thiophene rings is 1. The molecular weight excluding hydrogens is 422 g/mol. The Morgan fingerprint density at radius 1 is 1.25 bits per heavy atom. The summed E-state index contributed by atoms with van der Waals surface area (Å²) < 4.78 is 0. The highest BCUT2D eigenvalue weighted by Gasteiger charge is 2.38. The summed E-state index contributed by atoms with van der Waals surface area (Å²) in [7, 11) is 0. The smallest absolute Gasteiger partial charge is 0.246 e. The summed E-state index contributed by atoms with van der Waals surface area (Å²) in [5.74, 6) is 1.57. The molecule has 0 radical (unpaired) electrons. The number of fused-ring (bicyclic) bond motifs is 2. The SMILES string of the molecule is C.CC(=O)c1ccc(C2=CC3CN(C(=O)/C=C/c4cnc5c(c4)CCC(=O)N5)CC3C2)s1. The van der Waals surface area contributed by atoms with Gasteiger partial charge in [-0.15, -0.1) is 11.3 Å². The number of hydrogen-bond acceptors (Lipinski definition) is 5. The highest BCUT2D eigenvalue weighted by molar-refractivity contribution is 7.15. The van der Waals surface area contributed by atoms with Gasteiger partial charge in [-0.25, -0.2) is 4.98 Å². The van der Waals surface area contributed by atoms with Crippen LogP contribution >= 0.6 is 11.3 Å². The van der Waals surface area contributed by atoms with Crippen LogP contribution in [0.3, 0.4) is 0 Å². The van der Waals surface area contributed by atoms with Crippen LogP contribution in [0.5, 0.6) is 0 Å². The van der Waals surface area contributed by atoms with Gasteiger partial charge in [0.25, 0.3) is 0 Å². The van der Waals surface area contributed by atoms with Crippen molar-refractivity contribution in [3.05, 3.63) is 57.4 Å². The first-order valence-corrected chi connectivity index (χ1v) is 11.4. The van der Waals surface area contributed by atoms with E-state index in [9.17, 15) is 14.4 Å². The molecule has 0 bridgehead atoms. The summed E-state index contributed by atoms with van der Waals surface area (Å²) >= 11 is 1.56. The van der Waals surface area contributed by atoms with E-state index in [4.69, 9.17) is 0 Å². The van der Waals surface area contributed by atoms with Gasteiger partial charge in [-0.1, -0.05) is 13.5 Å². The third kappa shape index (κ3) is 4.30. The predicted octanol–water partition coefficient (Wildman–Crippen LogP) is 4.44. The molecule has 2 atom stereocenters. The molecule has 1 fully saturated rings. The van der Waals surface area contributed by atoms with Crippen molar-refractivity contribution in [3.63, 3.8) is 0 Å². The van der Waals surface area contributed by atoms with Gasteiger partial charge in [-0.3, -0.25) is 14.4 Å². The van der Waals surface area contributed by atoms with Crippen LogP contribution in [0.1, 0.15) is 52.9 Å². The molecule has 4 heterocycles. The largest absolute Gasteiger partial charge is 0.338 e. The van der Waals surface area contributed by atoms with E-state index in [2.05, 4.69) is 16.4 Å². The van der Waals surface area contributed by atoms with Crippen molar-refractivity contribution >= 4 is 46.4 Å². The normalized spacial score (nSPS) is 21.6. The number of carbonyl (C=O) groups excluding carboxylic acids is 3. The standard InChI is InChI=1S/C24H23N3O3S.CH4/c1-14(28)20-4-5-21(31-20)17-9-18-12-27(13-19(18)10-17)23(30)7-2-15-8-16-3-6-22(29)26-24(16)25-11-15;/h2,4-5,7-9,11,18-19H,3,6,10,12-13H2,1H3,(H,25,26,29);1H4/b7-2+;. The highest BCUT2D eigenvalue weighted by atomic mass is 32.1. The monoisotopic (exact) mass is 449 g/mol. The Bertz CT molecular complexity index is 1150. The van der Waals surface area contributed by atoms with Gasteiger partial charge >= 0.3 is 0 Å². The van der Waals surface area contributed by atoms with Crippen LogP contribution < -0.4 is 5.32 Å². The van der Waals surface area contributed by atoms with Crippen molar-refractivity contribution in [2.24, 2.45) is 11.8 Å². The lowest BCUT2D eigenvalue weighted by atomic mass is 10.00. The van der Waals surface area contributed by atoms with Crippen molar-refractivity contribution in [1.82, 2.24) is 9.88 Å². The maximum Gasteiger partial charge on any atom is 0.246 e. The summed E-state index contributed by atoms with van der Waals surface area (Å²) in [4.78, 5) is 43.9. The number of aromatic nitrogens is 1. The van der Waals surface area contributed by atoms with Crippen LogP contribution in [-0.4, -0.2) is 40.6 Å². The molecule has 1 saturated heterocycles. The van der Waals surface area contributed by atoms with Crippen molar-refractivity contribution in [2.45, 2.75) is 33.6 Å². The lowest BCUT2D eigenvalue weighted by molar-refractivity contribution is -0.125. The number of carbonyl (C=O) groups is 3. The van der Waals surface area contributed by atoms with Crippen molar-refractivity contribution in [2.75, 3.05) is 18.4 Å². The molecule has 2 aliphatic heterocycles. The molecule has 2 aromatic heterocycles. The number of hydrogen-bond donors (Lipinski definition) is 1. The fourth-order valence-electron chi connectivity index (χ4n) is 4.61. The van der Waals surface area contributed by atoms with Crippen molar-refractivity contribution in [3.8, 4) is 0 Å². The Labute approximate surface area is 192 Å². The number of anilines is 1. The topological polar surface area (TPSA) is 79.4 Å². The molecule has 0 spiro atoms. The van der Waals surface area contributed by atoms with Gasteiger partial charge in [0.05, 0.1) is 4.88 Å². The second-order valence-electron chi connectivity index (χ2n) is 8.44. The number of allylic oxidation sites excluding steroid dienone is 1. The van der Waals surface area contributed by atoms with E-state index < -0.39 is 0 Å². The minimum Gasteiger partial charge on any atom is -0.338 e. The maximum atomic E-state index is 12.7. The summed E-state index contributed by atoms with van der Waals surface area (Å²) in [6.07, 6.45) is 9.49. The van der Waals surface area contributed by atoms with Gasteiger partial charge in [-0.2, -0.15) is 0 Å². The summed E-state index contributed by atoms with van der Waals surface area (Å²) in [5, 5.41) is 2.77. The zero-order chi connectivity index (χ0) is 21.5. The summed E-state index contributed by atoms with van der Waals surface area (Å²) in [6, 6.07) is 5.93. The molecule has 166 valence electrons. The Hall–Kier alpha value is -3.06. The zero-order valence-electron chi connectivity index (χ0n) is 17.3. The fourth-order valence-corrected chi connectivity index (χ4v) is 5.55. The first-order chi connectivity index (χ1) is 15.0. The first-order valence-electron chi connectivity index (χ1n) is 10.5. The third-order valence-electron chi connectivity index (χ3n) is 6.26. The van der Waals surface area contributed by atoms with E-state index in [0.29, 0.717) is 30.5 Å². The zero-order valence-corrected chi connectivity index (χ0v) is 18.1. The third-order valence-corrected chi connectivity index (χ3v) is 7.52. The van der Waals surface area contributed by atoms with Gasteiger partial charge in [0.15, 0.2) is 5.78 Å². The van der Waals surface area contributed by atoms with Gasteiger partial charge in [0.2, 0.25) is 11.8 Å². The fraction of sp³-hybridized carbons (Fsp3) is 0.360. The number of nitrogens with one attached hydrogen (secondary N) is 1. The number of ketones is 1. The molecule has 0 aromatic carbocycles. The number of likely N-dealkylation sites (tertiary alicyclic amines) is 1. The molecule has 2 unspecified atom stereocenters. The van der Waals surface area contributed by atoms with E-state index in [0.717, 1.165) is 35.5 Å². The maximum absolute atomic E-state index is 12.7. The van der Waals surface area contributed by atoms with E-state index in [1.54, 1.807) is 36.6 Å². The molecule has 1 N–H and O–H groups in total. The van der Waals surface area contributed by atoms with Gasteiger partial charge < -0.3 is 10.2 Å². The van der Waals surface area contributed by atoms with Crippen molar-refractivity contribution in [1.29, 1.82) is 0 Å².